The third-order valence-electron chi connectivity index (χ3n) is 14.8. The Morgan fingerprint density at radius 2 is 0.571 bits per heavy atom. The molecule has 0 aliphatic rings. The molecule has 0 bridgehead atoms. The zero-order valence-electron chi connectivity index (χ0n) is 57.8. The van der Waals surface area contributed by atoms with E-state index in [1.165, 1.54) is 103 Å². The Morgan fingerprint density at radius 3 is 0.846 bits per heavy atom. The predicted octanol–water partition coefficient (Wildman–Crippen LogP) is 24.3. The summed E-state index contributed by atoms with van der Waals surface area (Å²) in [6.07, 6.45) is 111. The van der Waals surface area contributed by atoms with Crippen molar-refractivity contribution < 1.29 is 37.6 Å². The summed E-state index contributed by atoms with van der Waals surface area (Å²) in [5, 5.41) is 0. The predicted molar refractivity (Wildman–Crippen MR) is 394 cm³/mol. The van der Waals surface area contributed by atoms with Crippen LogP contribution in [0.5, 0.6) is 0 Å². The Labute approximate surface area is 558 Å². The van der Waals surface area contributed by atoms with Crippen molar-refractivity contribution in [3.63, 3.8) is 0 Å². The monoisotopic (exact) mass is 1280 g/mol. The largest absolute Gasteiger partial charge is 0.472 e. The molecule has 2 atom stereocenters. The molecule has 0 fully saturated rings. The molecule has 0 amide bonds. The summed E-state index contributed by atoms with van der Waals surface area (Å²) in [7, 11) is -4.41. The number of nitrogens with two attached hydrogens (primary N) is 1. The molecule has 0 aliphatic heterocycles. The molecule has 0 spiro atoms. The summed E-state index contributed by atoms with van der Waals surface area (Å²) >= 11 is 0. The van der Waals surface area contributed by atoms with E-state index in [4.69, 9.17) is 24.3 Å². The number of esters is 2. The lowest BCUT2D eigenvalue weighted by atomic mass is 10.0. The first-order valence-electron chi connectivity index (χ1n) is 36.3. The van der Waals surface area contributed by atoms with Crippen molar-refractivity contribution in [2.75, 3.05) is 26.4 Å². The van der Waals surface area contributed by atoms with Gasteiger partial charge in [0.2, 0.25) is 0 Å². The number of unbranched alkanes of at least 4 members (excludes halogenated alkanes) is 23. The minimum Gasteiger partial charge on any atom is -0.462 e. The van der Waals surface area contributed by atoms with Gasteiger partial charge in [-0.05, 0) is 135 Å². The number of phosphoric acid groups is 1. The van der Waals surface area contributed by atoms with Crippen LogP contribution in [0.25, 0.3) is 0 Å². The Bertz CT molecular complexity index is 2150. The van der Waals surface area contributed by atoms with Crippen LogP contribution in [0, 0.1) is 0 Å². The number of hydrogen-bond acceptors (Lipinski definition) is 8. The van der Waals surface area contributed by atoms with Gasteiger partial charge in [-0.2, -0.15) is 0 Å². The Hall–Kier alpha value is -4.89. The maximum Gasteiger partial charge on any atom is 0.472 e. The summed E-state index contributed by atoms with van der Waals surface area (Å²) in [5.74, 6) is -0.846. The van der Waals surface area contributed by atoms with E-state index in [1.54, 1.807) is 0 Å². The summed E-state index contributed by atoms with van der Waals surface area (Å²) in [5.41, 5.74) is 5.40. The van der Waals surface area contributed by atoms with Gasteiger partial charge in [0.05, 0.1) is 13.2 Å². The highest BCUT2D eigenvalue weighted by atomic mass is 31.2. The molecule has 0 radical (unpaired) electrons. The van der Waals surface area contributed by atoms with Crippen LogP contribution in [-0.4, -0.2) is 49.3 Å². The van der Waals surface area contributed by atoms with Crippen LogP contribution in [0.1, 0.15) is 284 Å². The zero-order valence-corrected chi connectivity index (χ0v) is 58.6. The van der Waals surface area contributed by atoms with Crippen molar-refractivity contribution in [1.29, 1.82) is 0 Å². The molecule has 9 nitrogen and oxygen atoms in total. The molecule has 514 valence electrons. The van der Waals surface area contributed by atoms with Crippen molar-refractivity contribution in [1.82, 2.24) is 0 Å². The highest BCUT2D eigenvalue weighted by Crippen LogP contribution is 2.43. The van der Waals surface area contributed by atoms with Crippen LogP contribution in [0.15, 0.2) is 182 Å². The van der Waals surface area contributed by atoms with Gasteiger partial charge in [0.25, 0.3) is 0 Å². The number of hydrogen-bond donors (Lipinski definition) is 2. The molecule has 0 saturated heterocycles. The highest BCUT2D eigenvalue weighted by Gasteiger charge is 2.26. The lowest BCUT2D eigenvalue weighted by Gasteiger charge is -2.19. The van der Waals surface area contributed by atoms with Gasteiger partial charge in [-0.15, -0.1) is 0 Å². The number of carbonyl (C=O) groups is 2. The molecule has 0 aromatic carbocycles. The van der Waals surface area contributed by atoms with Crippen molar-refractivity contribution in [3.05, 3.63) is 182 Å². The molecule has 0 saturated carbocycles. The first kappa shape index (κ1) is 86.1. The van der Waals surface area contributed by atoms with E-state index >= 15 is 0 Å². The fourth-order valence-electron chi connectivity index (χ4n) is 9.52. The van der Waals surface area contributed by atoms with Crippen LogP contribution in [-0.2, 0) is 32.7 Å². The van der Waals surface area contributed by atoms with E-state index in [0.29, 0.717) is 12.8 Å². The summed E-state index contributed by atoms with van der Waals surface area (Å²) in [6.45, 7) is 3.50. The van der Waals surface area contributed by atoms with E-state index in [0.717, 1.165) is 141 Å². The first-order chi connectivity index (χ1) is 44.8. The lowest BCUT2D eigenvalue weighted by molar-refractivity contribution is -0.161. The Morgan fingerprint density at radius 1 is 0.330 bits per heavy atom. The van der Waals surface area contributed by atoms with Gasteiger partial charge in [0.15, 0.2) is 6.10 Å². The summed E-state index contributed by atoms with van der Waals surface area (Å²) in [6, 6.07) is 0. The maximum absolute atomic E-state index is 12.8. The quantitative estimate of drug-likeness (QED) is 0.0264. The minimum absolute atomic E-state index is 0.0440. The Balaban J connectivity index is 3.93. The second kappa shape index (κ2) is 74.2. The van der Waals surface area contributed by atoms with Gasteiger partial charge in [0, 0.05) is 19.4 Å². The average molecular weight is 1280 g/mol. The maximum atomic E-state index is 12.8. The smallest absolute Gasteiger partial charge is 0.462 e. The molecule has 10 heteroatoms. The first-order valence-corrected chi connectivity index (χ1v) is 37.8. The topological polar surface area (TPSA) is 134 Å². The average Bonchev–Trinajstić information content (AvgIpc) is 3.74. The second-order valence-corrected chi connectivity index (χ2v) is 24.8. The van der Waals surface area contributed by atoms with Crippen LogP contribution < -0.4 is 5.73 Å². The molecule has 0 aliphatic carbocycles. The minimum atomic E-state index is -4.41. The molecule has 2 unspecified atom stereocenters. The zero-order chi connectivity index (χ0) is 65.8. The van der Waals surface area contributed by atoms with Gasteiger partial charge in [0.1, 0.15) is 6.61 Å². The normalized spacial score (nSPS) is 14.0. The van der Waals surface area contributed by atoms with Gasteiger partial charge in [-0.25, -0.2) is 4.57 Å². The molecule has 3 N–H and O–H groups in total. The van der Waals surface area contributed by atoms with Gasteiger partial charge in [-0.3, -0.25) is 18.6 Å². The third kappa shape index (κ3) is 74.0. The van der Waals surface area contributed by atoms with E-state index in [-0.39, 0.29) is 32.6 Å². The number of phosphoric ester groups is 1. The molecule has 0 rings (SSSR count). The van der Waals surface area contributed by atoms with E-state index < -0.39 is 32.5 Å². The van der Waals surface area contributed by atoms with Crippen LogP contribution in [0.2, 0.25) is 0 Å². The number of allylic oxidation sites excluding steroid dienone is 30. The van der Waals surface area contributed by atoms with Gasteiger partial charge in [-0.1, -0.05) is 318 Å². The summed E-state index contributed by atoms with van der Waals surface area (Å²) < 4.78 is 33.2. The summed E-state index contributed by atoms with van der Waals surface area (Å²) in [4.78, 5) is 35.4. The number of rotatable bonds is 66. The molecule has 0 aromatic heterocycles. The van der Waals surface area contributed by atoms with Gasteiger partial charge < -0.3 is 20.1 Å². The number of ether oxygens (including phenoxy) is 2. The van der Waals surface area contributed by atoms with E-state index in [1.807, 2.05) is 0 Å². The van der Waals surface area contributed by atoms with Crippen molar-refractivity contribution in [2.45, 2.75) is 290 Å². The fraction of sp³-hybridized carbons (Fsp3) is 0.605. The third-order valence-corrected chi connectivity index (χ3v) is 15.8. The van der Waals surface area contributed by atoms with Crippen molar-refractivity contribution in [3.8, 4) is 0 Å². The standard InChI is InChI=1S/C81H132NO8P/c1-3-5-7-9-11-13-15-17-19-21-23-25-27-29-31-33-34-35-36-37-38-39-40-41-42-43-44-46-48-50-52-54-56-58-60-62-64-66-68-70-72-74-81(84)90-79(78-89-91(85,86)88-76-75-82)77-87-80(83)73-71-69-67-65-63-61-59-57-55-53-51-49-47-45-32-30-28-26-24-22-20-18-16-14-12-10-8-6-4-2/h5-8,11-14,17-20,23-26,29-32,34-35,37-38,40-41,47,49,53,55,79H,3-4,9-10,15-16,21-22,27-28,33,36,39,42-46,48,50-52,54,56-78,82H2,1-2H3,(H,85,86)/b7-5-,8-6-,13-11-,14-12-,19-17-,20-18-,25-23-,26-24-,31-29-,32-30-,35-34-,38-37-,41-40-,49-47-,55-53-. The Kier molecular flexibility index (Phi) is 70.2. The SMILES string of the molecule is CC/C=C\C/C=C\C/C=C\C/C=C\C/C=C\C/C=C\C/C=C\C/C=C\CCCCCCCCCCCCCCCCCCC(=O)OC(COC(=O)CCCCCCCCC/C=C\C/C=C\C/C=C\C/C=C\C/C=C\C/C=C\C/C=C\CC)COP(=O)(O)OCCN. The van der Waals surface area contributed by atoms with Crippen molar-refractivity contribution >= 4 is 19.8 Å². The van der Waals surface area contributed by atoms with Crippen molar-refractivity contribution in [2.24, 2.45) is 5.73 Å². The van der Waals surface area contributed by atoms with Crippen LogP contribution in [0.3, 0.4) is 0 Å². The number of carbonyl (C=O) groups excluding carboxylic acids is 2. The van der Waals surface area contributed by atoms with Crippen LogP contribution >= 0.6 is 7.82 Å². The fourth-order valence-corrected chi connectivity index (χ4v) is 10.3. The highest BCUT2D eigenvalue weighted by molar-refractivity contribution is 7.47. The molecule has 0 heterocycles. The molecular weight excluding hydrogens is 1150 g/mol. The molecular formula is C81H132NO8P. The van der Waals surface area contributed by atoms with E-state index in [9.17, 15) is 19.0 Å². The molecule has 91 heavy (non-hydrogen) atoms. The van der Waals surface area contributed by atoms with E-state index in [2.05, 4.69) is 196 Å². The molecule has 0 aromatic rings. The van der Waals surface area contributed by atoms with Gasteiger partial charge >= 0.3 is 19.8 Å². The lowest BCUT2D eigenvalue weighted by Crippen LogP contribution is -2.29. The van der Waals surface area contributed by atoms with Crippen LogP contribution in [0.4, 0.5) is 0 Å². The second-order valence-electron chi connectivity index (χ2n) is 23.3.